The molecule has 1 atom stereocenters. The van der Waals surface area contributed by atoms with Gasteiger partial charge in [-0.15, -0.1) is 0 Å². The van der Waals surface area contributed by atoms with Gasteiger partial charge in [0.25, 0.3) is 0 Å². The van der Waals surface area contributed by atoms with Gasteiger partial charge in [0.05, 0.1) is 6.61 Å². The van der Waals surface area contributed by atoms with Crippen LogP contribution in [-0.4, -0.2) is 24.7 Å². The molecule has 1 unspecified atom stereocenters. The first kappa shape index (κ1) is 14.0. The molecule has 100 valence electrons. The minimum atomic E-state index is 0.685. The van der Waals surface area contributed by atoms with E-state index in [1.54, 1.807) is 6.20 Å². The van der Waals surface area contributed by atoms with E-state index < -0.39 is 0 Å². The number of rotatable bonds is 6. The molecular weight excluding hydrogens is 292 g/mol. The number of pyridine rings is 1. The van der Waals surface area contributed by atoms with Crippen LogP contribution in [0.2, 0.25) is 0 Å². The molecule has 2 heterocycles. The van der Waals surface area contributed by atoms with Gasteiger partial charge < -0.3 is 10.1 Å². The largest absolute Gasteiger partial charge is 0.377 e. The van der Waals surface area contributed by atoms with Crippen molar-refractivity contribution in [2.45, 2.75) is 32.3 Å². The Labute approximate surface area is 117 Å². The number of ether oxygens (including phenoxy) is 1. The highest BCUT2D eigenvalue weighted by atomic mass is 79.9. The third-order valence-corrected chi connectivity index (χ3v) is 3.79. The van der Waals surface area contributed by atoms with Crippen LogP contribution >= 0.6 is 15.9 Å². The molecule has 1 saturated heterocycles. The molecule has 0 amide bonds. The van der Waals surface area contributed by atoms with Gasteiger partial charge >= 0.3 is 0 Å². The Bertz CT molecular complexity index is 353. The minimum absolute atomic E-state index is 0.685. The van der Waals surface area contributed by atoms with Crippen molar-refractivity contribution in [2.24, 2.45) is 5.92 Å². The van der Waals surface area contributed by atoms with Gasteiger partial charge in [-0.3, -0.25) is 0 Å². The zero-order valence-corrected chi connectivity index (χ0v) is 12.3. The Morgan fingerprint density at radius 1 is 1.50 bits per heavy atom. The topological polar surface area (TPSA) is 34.1 Å². The summed E-state index contributed by atoms with van der Waals surface area (Å²) in [6, 6.07) is 4.00. The Kier molecular flexibility index (Phi) is 6.11. The highest BCUT2D eigenvalue weighted by Gasteiger charge is 2.11. The quantitative estimate of drug-likeness (QED) is 0.647. The van der Waals surface area contributed by atoms with Crippen molar-refractivity contribution in [3.63, 3.8) is 0 Å². The average molecular weight is 313 g/mol. The molecule has 0 aliphatic carbocycles. The fourth-order valence-corrected chi connectivity index (χ4v) is 2.78. The summed E-state index contributed by atoms with van der Waals surface area (Å²) < 4.78 is 6.57. The third-order valence-electron chi connectivity index (χ3n) is 3.36. The standard InChI is InChI=1S/C14H21BrN2O/c15-14-9-13(5-7-17-14)11-18-8-2-4-12-3-1-6-16-10-12/h5,7,9,12,16H,1-4,6,8,10-11H2. The molecule has 1 aliphatic rings. The molecule has 0 bridgehead atoms. The van der Waals surface area contributed by atoms with Crippen LogP contribution in [0.15, 0.2) is 22.9 Å². The van der Waals surface area contributed by atoms with E-state index >= 15 is 0 Å². The molecule has 18 heavy (non-hydrogen) atoms. The molecule has 1 N–H and O–H groups in total. The Morgan fingerprint density at radius 3 is 3.22 bits per heavy atom. The van der Waals surface area contributed by atoms with Crippen LogP contribution in [0.1, 0.15) is 31.2 Å². The lowest BCUT2D eigenvalue weighted by Gasteiger charge is -2.22. The molecule has 4 heteroatoms. The fraction of sp³-hybridized carbons (Fsp3) is 0.643. The number of hydrogen-bond donors (Lipinski definition) is 1. The van der Waals surface area contributed by atoms with Crippen LogP contribution in [-0.2, 0) is 11.3 Å². The zero-order valence-electron chi connectivity index (χ0n) is 10.7. The number of nitrogens with one attached hydrogen (secondary N) is 1. The van der Waals surface area contributed by atoms with E-state index in [1.165, 1.54) is 44.3 Å². The van der Waals surface area contributed by atoms with Gasteiger partial charge in [-0.1, -0.05) is 0 Å². The maximum absolute atomic E-state index is 5.70. The normalized spacial score (nSPS) is 19.9. The van der Waals surface area contributed by atoms with Gasteiger partial charge in [-0.2, -0.15) is 0 Å². The minimum Gasteiger partial charge on any atom is -0.377 e. The summed E-state index contributed by atoms with van der Waals surface area (Å²) in [5.74, 6) is 0.859. The van der Waals surface area contributed by atoms with Crippen LogP contribution in [0.3, 0.4) is 0 Å². The molecule has 1 aromatic heterocycles. The van der Waals surface area contributed by atoms with Crippen molar-refractivity contribution < 1.29 is 4.74 Å². The van der Waals surface area contributed by atoms with E-state index in [2.05, 4.69) is 26.2 Å². The highest BCUT2D eigenvalue weighted by Crippen LogP contribution is 2.16. The van der Waals surface area contributed by atoms with E-state index in [1.807, 2.05) is 12.1 Å². The van der Waals surface area contributed by atoms with Crippen LogP contribution in [0, 0.1) is 5.92 Å². The predicted octanol–water partition coefficient (Wildman–Crippen LogP) is 3.14. The highest BCUT2D eigenvalue weighted by molar-refractivity contribution is 9.10. The van der Waals surface area contributed by atoms with Crippen LogP contribution in [0.5, 0.6) is 0 Å². The van der Waals surface area contributed by atoms with E-state index in [0.717, 1.165) is 17.1 Å². The zero-order chi connectivity index (χ0) is 12.6. The van der Waals surface area contributed by atoms with E-state index in [4.69, 9.17) is 4.74 Å². The Morgan fingerprint density at radius 2 is 2.44 bits per heavy atom. The lowest BCUT2D eigenvalue weighted by molar-refractivity contribution is 0.112. The van der Waals surface area contributed by atoms with Gasteiger partial charge in [-0.05, 0) is 78.3 Å². The molecule has 3 nitrogen and oxygen atoms in total. The van der Waals surface area contributed by atoms with Crippen LogP contribution in [0.4, 0.5) is 0 Å². The predicted molar refractivity (Wildman–Crippen MR) is 76.4 cm³/mol. The van der Waals surface area contributed by atoms with Crippen molar-refractivity contribution in [1.82, 2.24) is 10.3 Å². The monoisotopic (exact) mass is 312 g/mol. The van der Waals surface area contributed by atoms with E-state index in [9.17, 15) is 0 Å². The Balaban J connectivity index is 1.55. The van der Waals surface area contributed by atoms with E-state index in [-0.39, 0.29) is 0 Å². The third kappa shape index (κ3) is 5.04. The molecule has 2 rings (SSSR count). The number of nitrogens with zero attached hydrogens (tertiary/aromatic N) is 1. The van der Waals surface area contributed by atoms with Gasteiger partial charge in [-0.25, -0.2) is 4.98 Å². The first-order valence-corrected chi connectivity index (χ1v) is 7.53. The van der Waals surface area contributed by atoms with Gasteiger partial charge in [0.15, 0.2) is 0 Å². The summed E-state index contributed by atoms with van der Waals surface area (Å²) in [5, 5.41) is 3.45. The number of piperidine rings is 1. The molecule has 0 aromatic carbocycles. The second-order valence-corrected chi connectivity index (χ2v) is 5.71. The van der Waals surface area contributed by atoms with Crippen LogP contribution < -0.4 is 5.32 Å². The molecule has 0 saturated carbocycles. The smallest absolute Gasteiger partial charge is 0.106 e. The summed E-state index contributed by atoms with van der Waals surface area (Å²) in [4.78, 5) is 4.10. The number of hydrogen-bond acceptors (Lipinski definition) is 3. The van der Waals surface area contributed by atoms with Crippen molar-refractivity contribution in [3.8, 4) is 0 Å². The summed E-state index contributed by atoms with van der Waals surface area (Å²) in [5.41, 5.74) is 1.18. The number of halogens is 1. The molecule has 0 radical (unpaired) electrons. The molecule has 0 spiro atoms. The Hall–Kier alpha value is -0.450. The fourth-order valence-electron chi connectivity index (χ4n) is 2.37. The van der Waals surface area contributed by atoms with Crippen molar-refractivity contribution in [1.29, 1.82) is 0 Å². The summed E-state index contributed by atoms with van der Waals surface area (Å²) >= 11 is 3.36. The average Bonchev–Trinajstić information content (AvgIpc) is 2.40. The summed E-state index contributed by atoms with van der Waals surface area (Å²) in [6.07, 6.45) is 6.96. The summed E-state index contributed by atoms with van der Waals surface area (Å²) in [7, 11) is 0. The van der Waals surface area contributed by atoms with Gasteiger partial charge in [0.2, 0.25) is 0 Å². The second-order valence-electron chi connectivity index (χ2n) is 4.89. The lowest BCUT2D eigenvalue weighted by atomic mass is 9.95. The SMILES string of the molecule is Brc1cc(COCCCC2CCCNC2)ccn1. The maximum atomic E-state index is 5.70. The lowest BCUT2D eigenvalue weighted by Crippen LogP contribution is -2.29. The maximum Gasteiger partial charge on any atom is 0.106 e. The van der Waals surface area contributed by atoms with Crippen molar-refractivity contribution >= 4 is 15.9 Å². The number of aromatic nitrogens is 1. The molecule has 1 fully saturated rings. The first-order valence-electron chi connectivity index (χ1n) is 6.73. The second kappa shape index (κ2) is 7.87. The van der Waals surface area contributed by atoms with Gasteiger partial charge in [0, 0.05) is 12.8 Å². The van der Waals surface area contributed by atoms with Crippen molar-refractivity contribution in [3.05, 3.63) is 28.5 Å². The first-order chi connectivity index (χ1) is 8.84. The van der Waals surface area contributed by atoms with E-state index in [0.29, 0.717) is 6.61 Å². The summed E-state index contributed by atoms with van der Waals surface area (Å²) in [6.45, 7) is 3.93. The van der Waals surface area contributed by atoms with Crippen molar-refractivity contribution in [2.75, 3.05) is 19.7 Å². The molecule has 1 aromatic rings. The van der Waals surface area contributed by atoms with Gasteiger partial charge in [0.1, 0.15) is 4.60 Å². The molecule has 1 aliphatic heterocycles. The molecular formula is C14H21BrN2O. The van der Waals surface area contributed by atoms with Crippen LogP contribution in [0.25, 0.3) is 0 Å².